The van der Waals surface area contributed by atoms with Crippen LogP contribution in [0, 0.1) is 5.82 Å². The quantitative estimate of drug-likeness (QED) is 0.935. The summed E-state index contributed by atoms with van der Waals surface area (Å²) < 4.78 is 13.1. The second kappa shape index (κ2) is 5.80. The van der Waals surface area contributed by atoms with Crippen LogP contribution in [0.15, 0.2) is 42.7 Å². The standard InChI is InChI=1S/C14H12ClFN2O/c1-9(10-3-2-4-11(16)7-10)18-14(19)12-5-6-17-8-13(12)15/h2-9H,1H3,(H,18,19). The Balaban J connectivity index is 2.13. The summed E-state index contributed by atoms with van der Waals surface area (Å²) in [6.07, 6.45) is 2.90. The minimum absolute atomic E-state index is 0.284. The van der Waals surface area contributed by atoms with Crippen LogP contribution in [0.1, 0.15) is 28.9 Å². The van der Waals surface area contributed by atoms with E-state index in [0.717, 1.165) is 0 Å². The topological polar surface area (TPSA) is 42.0 Å². The van der Waals surface area contributed by atoms with Crippen molar-refractivity contribution in [3.63, 3.8) is 0 Å². The van der Waals surface area contributed by atoms with Crippen molar-refractivity contribution in [3.8, 4) is 0 Å². The first-order chi connectivity index (χ1) is 9.08. The largest absolute Gasteiger partial charge is 0.345 e. The smallest absolute Gasteiger partial charge is 0.253 e. The minimum Gasteiger partial charge on any atom is -0.345 e. The van der Waals surface area contributed by atoms with E-state index in [2.05, 4.69) is 10.3 Å². The number of carbonyl (C=O) groups excluding carboxylic acids is 1. The number of carbonyl (C=O) groups is 1. The molecule has 0 saturated carbocycles. The third-order valence-electron chi connectivity index (χ3n) is 2.71. The van der Waals surface area contributed by atoms with Gasteiger partial charge in [0.2, 0.25) is 0 Å². The number of aromatic nitrogens is 1. The average molecular weight is 279 g/mol. The Morgan fingerprint density at radius 1 is 1.42 bits per heavy atom. The number of halogens is 2. The van der Waals surface area contributed by atoms with Gasteiger partial charge < -0.3 is 5.32 Å². The Morgan fingerprint density at radius 3 is 2.89 bits per heavy atom. The minimum atomic E-state index is -0.333. The molecule has 1 N–H and O–H groups in total. The lowest BCUT2D eigenvalue weighted by Crippen LogP contribution is -2.27. The monoisotopic (exact) mass is 278 g/mol. The molecule has 0 aliphatic heterocycles. The van der Waals surface area contributed by atoms with Gasteiger partial charge in [-0.25, -0.2) is 4.39 Å². The fraction of sp³-hybridized carbons (Fsp3) is 0.143. The van der Waals surface area contributed by atoms with Gasteiger partial charge in [-0.2, -0.15) is 0 Å². The first kappa shape index (κ1) is 13.5. The van der Waals surface area contributed by atoms with E-state index in [1.54, 1.807) is 19.1 Å². The molecule has 5 heteroatoms. The van der Waals surface area contributed by atoms with Crippen molar-refractivity contribution in [3.05, 3.63) is 64.7 Å². The predicted octanol–water partition coefficient (Wildman–Crippen LogP) is 3.37. The summed E-state index contributed by atoms with van der Waals surface area (Å²) in [7, 11) is 0. The number of hydrogen-bond acceptors (Lipinski definition) is 2. The Bertz CT molecular complexity index is 604. The molecule has 0 aliphatic carbocycles. The van der Waals surface area contributed by atoms with Crippen LogP contribution in [-0.4, -0.2) is 10.9 Å². The molecule has 1 aromatic carbocycles. The van der Waals surface area contributed by atoms with Crippen LogP contribution in [0.25, 0.3) is 0 Å². The SMILES string of the molecule is CC(NC(=O)c1ccncc1Cl)c1cccc(F)c1. The summed E-state index contributed by atoms with van der Waals surface area (Å²) in [5.41, 5.74) is 1.04. The van der Waals surface area contributed by atoms with Gasteiger partial charge in [0.05, 0.1) is 16.6 Å². The average Bonchev–Trinajstić information content (AvgIpc) is 2.39. The highest BCUT2D eigenvalue weighted by Gasteiger charge is 2.14. The molecular weight excluding hydrogens is 267 g/mol. The second-order valence-corrected chi connectivity index (χ2v) is 4.51. The summed E-state index contributed by atoms with van der Waals surface area (Å²) in [5, 5.41) is 3.05. The first-order valence-corrected chi connectivity index (χ1v) is 6.11. The zero-order valence-electron chi connectivity index (χ0n) is 10.2. The molecule has 1 unspecified atom stereocenters. The van der Waals surface area contributed by atoms with E-state index in [4.69, 9.17) is 11.6 Å². The number of hydrogen-bond donors (Lipinski definition) is 1. The van der Waals surface area contributed by atoms with E-state index in [0.29, 0.717) is 11.1 Å². The maximum absolute atomic E-state index is 13.1. The Labute approximate surface area is 115 Å². The number of benzene rings is 1. The molecule has 2 rings (SSSR count). The van der Waals surface area contributed by atoms with E-state index in [9.17, 15) is 9.18 Å². The third-order valence-corrected chi connectivity index (χ3v) is 3.01. The summed E-state index contributed by atoms with van der Waals surface area (Å²) in [6.45, 7) is 1.78. The molecule has 19 heavy (non-hydrogen) atoms. The molecular formula is C14H12ClFN2O. The van der Waals surface area contributed by atoms with E-state index in [1.165, 1.54) is 30.6 Å². The Morgan fingerprint density at radius 2 is 2.21 bits per heavy atom. The van der Waals surface area contributed by atoms with E-state index in [1.807, 2.05) is 0 Å². The highest BCUT2D eigenvalue weighted by Crippen LogP contribution is 2.17. The maximum atomic E-state index is 13.1. The van der Waals surface area contributed by atoms with Crippen LogP contribution >= 0.6 is 11.6 Å². The zero-order valence-corrected chi connectivity index (χ0v) is 11.0. The molecule has 3 nitrogen and oxygen atoms in total. The highest BCUT2D eigenvalue weighted by molar-refractivity contribution is 6.33. The van der Waals surface area contributed by atoms with Gasteiger partial charge in [0.15, 0.2) is 0 Å². The van der Waals surface area contributed by atoms with Crippen LogP contribution in [-0.2, 0) is 0 Å². The highest BCUT2D eigenvalue weighted by atomic mass is 35.5. The lowest BCUT2D eigenvalue weighted by molar-refractivity contribution is 0.0940. The summed E-state index contributed by atoms with van der Waals surface area (Å²) in [6, 6.07) is 7.33. The van der Waals surface area contributed by atoms with Crippen LogP contribution in [0.3, 0.4) is 0 Å². The number of pyridine rings is 1. The van der Waals surface area contributed by atoms with Crippen LogP contribution < -0.4 is 5.32 Å². The van der Waals surface area contributed by atoms with Gasteiger partial charge >= 0.3 is 0 Å². The second-order valence-electron chi connectivity index (χ2n) is 4.11. The zero-order chi connectivity index (χ0) is 13.8. The lowest BCUT2D eigenvalue weighted by atomic mass is 10.1. The molecule has 1 heterocycles. The van der Waals surface area contributed by atoms with Crippen LogP contribution in [0.2, 0.25) is 5.02 Å². The maximum Gasteiger partial charge on any atom is 0.253 e. The molecule has 0 aliphatic rings. The molecule has 1 amide bonds. The Hall–Kier alpha value is -1.94. The van der Waals surface area contributed by atoms with E-state index in [-0.39, 0.29) is 22.8 Å². The predicted molar refractivity (Wildman–Crippen MR) is 71.5 cm³/mol. The van der Waals surface area contributed by atoms with Crippen molar-refractivity contribution in [2.45, 2.75) is 13.0 Å². The van der Waals surface area contributed by atoms with Crippen molar-refractivity contribution in [1.82, 2.24) is 10.3 Å². The van der Waals surface area contributed by atoms with Gasteiger partial charge in [-0.1, -0.05) is 23.7 Å². The van der Waals surface area contributed by atoms with Crippen molar-refractivity contribution in [1.29, 1.82) is 0 Å². The molecule has 0 spiro atoms. The van der Waals surface area contributed by atoms with Crippen molar-refractivity contribution < 1.29 is 9.18 Å². The molecule has 0 bridgehead atoms. The fourth-order valence-corrected chi connectivity index (χ4v) is 1.90. The molecule has 0 saturated heterocycles. The van der Waals surface area contributed by atoms with Gasteiger partial charge in [-0.3, -0.25) is 9.78 Å². The molecule has 98 valence electrons. The van der Waals surface area contributed by atoms with Crippen molar-refractivity contribution in [2.75, 3.05) is 0 Å². The number of nitrogens with zero attached hydrogens (tertiary/aromatic N) is 1. The van der Waals surface area contributed by atoms with Gasteiger partial charge in [0, 0.05) is 12.4 Å². The fourth-order valence-electron chi connectivity index (χ4n) is 1.69. The van der Waals surface area contributed by atoms with Gasteiger partial charge in [0.1, 0.15) is 5.82 Å². The van der Waals surface area contributed by atoms with Gasteiger partial charge in [-0.15, -0.1) is 0 Å². The molecule has 2 aromatic rings. The third kappa shape index (κ3) is 3.29. The van der Waals surface area contributed by atoms with E-state index >= 15 is 0 Å². The molecule has 1 atom stereocenters. The van der Waals surface area contributed by atoms with Crippen LogP contribution in [0.4, 0.5) is 4.39 Å². The Kier molecular flexibility index (Phi) is 4.12. The normalized spacial score (nSPS) is 11.9. The number of nitrogens with one attached hydrogen (secondary N) is 1. The number of amides is 1. The van der Waals surface area contributed by atoms with Crippen molar-refractivity contribution >= 4 is 17.5 Å². The summed E-state index contributed by atoms with van der Waals surface area (Å²) in [4.78, 5) is 15.8. The summed E-state index contributed by atoms with van der Waals surface area (Å²) in [5.74, 6) is -0.648. The molecule has 0 radical (unpaired) electrons. The molecule has 1 aromatic heterocycles. The van der Waals surface area contributed by atoms with E-state index < -0.39 is 0 Å². The number of rotatable bonds is 3. The summed E-state index contributed by atoms with van der Waals surface area (Å²) >= 11 is 5.89. The first-order valence-electron chi connectivity index (χ1n) is 5.74. The van der Waals surface area contributed by atoms with Gasteiger partial charge in [-0.05, 0) is 30.7 Å². The van der Waals surface area contributed by atoms with Crippen LogP contribution in [0.5, 0.6) is 0 Å². The van der Waals surface area contributed by atoms with Crippen molar-refractivity contribution in [2.24, 2.45) is 0 Å². The van der Waals surface area contributed by atoms with Gasteiger partial charge in [0.25, 0.3) is 5.91 Å². The lowest BCUT2D eigenvalue weighted by Gasteiger charge is -2.14. The molecule has 0 fully saturated rings.